The minimum Gasteiger partial charge on any atom is -0.399 e. The van der Waals surface area contributed by atoms with Gasteiger partial charge in [-0.1, -0.05) is 56.3 Å². The lowest BCUT2D eigenvalue weighted by atomic mass is 9.71. The van der Waals surface area contributed by atoms with Crippen LogP contribution < -0.4 is 5.46 Å². The summed E-state index contributed by atoms with van der Waals surface area (Å²) in [7, 11) is -0.495. The van der Waals surface area contributed by atoms with E-state index in [1.807, 2.05) is 30.3 Å². The van der Waals surface area contributed by atoms with E-state index in [0.29, 0.717) is 0 Å². The average molecular weight is 327 g/mol. The highest BCUT2D eigenvalue weighted by atomic mass is 16.7. The Morgan fingerprint density at radius 2 is 1.46 bits per heavy atom. The Labute approximate surface area is 144 Å². The molecule has 0 bridgehead atoms. The number of hydrogen-bond donors (Lipinski definition) is 0. The number of benzene rings is 1. The summed E-state index contributed by atoms with van der Waals surface area (Å²) in [6.45, 7) is 14.6. The first-order valence-electron chi connectivity index (χ1n) is 8.44. The summed E-state index contributed by atoms with van der Waals surface area (Å²) < 4.78 is 18.3. The van der Waals surface area contributed by atoms with Crippen molar-refractivity contribution in [3.05, 3.63) is 36.0 Å². The summed E-state index contributed by atoms with van der Waals surface area (Å²) in [5.41, 5.74) is 1.77. The number of nitrogens with zero attached hydrogens (tertiary/aromatic N) is 1. The zero-order valence-corrected chi connectivity index (χ0v) is 15.6. The fourth-order valence-corrected chi connectivity index (χ4v) is 2.82. The van der Waals surface area contributed by atoms with Crippen LogP contribution in [-0.2, 0) is 14.7 Å². The maximum atomic E-state index is 6.28. The molecule has 0 atom stereocenters. The van der Waals surface area contributed by atoms with Crippen molar-refractivity contribution in [1.29, 1.82) is 0 Å². The van der Waals surface area contributed by atoms with Crippen LogP contribution in [0.25, 0.3) is 11.3 Å². The molecule has 128 valence electrons. The molecule has 1 aromatic carbocycles. The standard InChI is InChI=1S/C19H26BNO3/c1-17(2,3)16-14(20-23-18(4,5)19(6,7)24-20)15(22-21-16)13-11-9-8-10-12-13/h8-12H,1-7H3. The van der Waals surface area contributed by atoms with Gasteiger partial charge in [0.15, 0.2) is 5.76 Å². The molecule has 1 saturated heterocycles. The van der Waals surface area contributed by atoms with Gasteiger partial charge in [-0.15, -0.1) is 0 Å². The van der Waals surface area contributed by atoms with Gasteiger partial charge in [0.2, 0.25) is 0 Å². The molecule has 3 rings (SSSR count). The molecule has 1 fully saturated rings. The fraction of sp³-hybridized carbons (Fsp3) is 0.526. The largest absolute Gasteiger partial charge is 0.500 e. The molecule has 1 aromatic heterocycles. The van der Waals surface area contributed by atoms with Crippen LogP contribution in [0, 0.1) is 0 Å². The van der Waals surface area contributed by atoms with Crippen molar-refractivity contribution in [1.82, 2.24) is 5.16 Å². The maximum Gasteiger partial charge on any atom is 0.500 e. The summed E-state index contributed by atoms with van der Waals surface area (Å²) in [5.74, 6) is 0.721. The van der Waals surface area contributed by atoms with E-state index in [1.54, 1.807) is 0 Å². The van der Waals surface area contributed by atoms with Crippen molar-refractivity contribution in [2.75, 3.05) is 0 Å². The van der Waals surface area contributed by atoms with Gasteiger partial charge in [-0.2, -0.15) is 0 Å². The molecular weight excluding hydrogens is 301 g/mol. The van der Waals surface area contributed by atoms with E-state index in [4.69, 9.17) is 13.8 Å². The Balaban J connectivity index is 2.14. The Bertz CT molecular complexity index is 713. The first-order chi connectivity index (χ1) is 11.0. The van der Waals surface area contributed by atoms with E-state index in [1.165, 1.54) is 0 Å². The van der Waals surface area contributed by atoms with Crippen LogP contribution >= 0.6 is 0 Å². The smallest absolute Gasteiger partial charge is 0.399 e. The van der Waals surface area contributed by atoms with Crippen molar-refractivity contribution in [2.45, 2.75) is 65.1 Å². The summed E-state index contributed by atoms with van der Waals surface area (Å²) in [6.07, 6.45) is 0. The van der Waals surface area contributed by atoms with Crippen molar-refractivity contribution in [3.8, 4) is 11.3 Å². The van der Waals surface area contributed by atoms with Gasteiger partial charge >= 0.3 is 7.12 Å². The van der Waals surface area contributed by atoms with Crippen LogP contribution in [0.3, 0.4) is 0 Å². The van der Waals surface area contributed by atoms with E-state index in [0.717, 1.165) is 22.5 Å². The summed E-state index contributed by atoms with van der Waals surface area (Å²) >= 11 is 0. The number of rotatable bonds is 2. The zero-order valence-electron chi connectivity index (χ0n) is 15.6. The van der Waals surface area contributed by atoms with Gasteiger partial charge in [0, 0.05) is 11.0 Å². The minimum absolute atomic E-state index is 0.171. The monoisotopic (exact) mass is 327 g/mol. The third kappa shape index (κ3) is 2.80. The van der Waals surface area contributed by atoms with Gasteiger partial charge in [-0.3, -0.25) is 0 Å². The van der Waals surface area contributed by atoms with Crippen LogP contribution in [0.5, 0.6) is 0 Å². The van der Waals surface area contributed by atoms with E-state index < -0.39 is 18.3 Å². The lowest BCUT2D eigenvalue weighted by Gasteiger charge is -2.32. The number of aromatic nitrogens is 1. The van der Waals surface area contributed by atoms with E-state index in [2.05, 4.69) is 53.6 Å². The Hall–Kier alpha value is -1.59. The molecule has 5 heteroatoms. The Morgan fingerprint density at radius 3 is 1.96 bits per heavy atom. The normalized spacial score (nSPS) is 19.7. The first-order valence-corrected chi connectivity index (χ1v) is 8.44. The van der Waals surface area contributed by atoms with Crippen LogP contribution in [0.1, 0.15) is 54.2 Å². The van der Waals surface area contributed by atoms with Crippen LogP contribution in [-0.4, -0.2) is 23.5 Å². The third-order valence-corrected chi connectivity index (χ3v) is 4.96. The van der Waals surface area contributed by atoms with Gasteiger partial charge < -0.3 is 13.8 Å². The van der Waals surface area contributed by atoms with Crippen molar-refractivity contribution >= 4 is 12.6 Å². The van der Waals surface area contributed by atoms with Crippen molar-refractivity contribution in [3.63, 3.8) is 0 Å². The zero-order chi connectivity index (χ0) is 17.8. The van der Waals surface area contributed by atoms with E-state index in [9.17, 15) is 0 Å². The lowest BCUT2D eigenvalue weighted by Crippen LogP contribution is -2.41. The molecule has 1 aliphatic heterocycles. The van der Waals surface area contributed by atoms with Gasteiger partial charge in [0.25, 0.3) is 0 Å². The Kier molecular flexibility index (Phi) is 3.93. The highest BCUT2D eigenvalue weighted by molar-refractivity contribution is 6.64. The summed E-state index contributed by atoms with van der Waals surface area (Å²) in [6, 6.07) is 9.99. The second-order valence-electron chi connectivity index (χ2n) is 8.48. The SMILES string of the molecule is CC(C)(C)c1noc(-c2ccccc2)c1B1OC(C)(C)C(C)(C)O1. The number of hydrogen-bond acceptors (Lipinski definition) is 4. The highest BCUT2D eigenvalue weighted by Gasteiger charge is 2.54. The molecule has 4 nitrogen and oxygen atoms in total. The predicted molar refractivity (Wildman–Crippen MR) is 96.4 cm³/mol. The second-order valence-corrected chi connectivity index (χ2v) is 8.48. The topological polar surface area (TPSA) is 44.5 Å². The molecule has 0 radical (unpaired) electrons. The van der Waals surface area contributed by atoms with Crippen LogP contribution in [0.4, 0.5) is 0 Å². The molecule has 2 aromatic rings. The predicted octanol–water partition coefficient (Wildman–Crippen LogP) is 3.94. The van der Waals surface area contributed by atoms with Gasteiger partial charge in [-0.25, -0.2) is 0 Å². The molecule has 0 saturated carbocycles. The molecule has 0 aliphatic carbocycles. The van der Waals surface area contributed by atoms with Gasteiger partial charge in [0.05, 0.1) is 22.4 Å². The molecule has 0 N–H and O–H groups in total. The van der Waals surface area contributed by atoms with Crippen molar-refractivity contribution < 1.29 is 13.8 Å². The van der Waals surface area contributed by atoms with E-state index >= 15 is 0 Å². The molecule has 2 heterocycles. The molecule has 24 heavy (non-hydrogen) atoms. The summed E-state index contributed by atoms with van der Waals surface area (Å²) in [5, 5.41) is 4.37. The lowest BCUT2D eigenvalue weighted by molar-refractivity contribution is 0.00578. The molecule has 0 spiro atoms. The maximum absolute atomic E-state index is 6.28. The molecule has 0 amide bonds. The first kappa shape index (κ1) is 17.2. The highest BCUT2D eigenvalue weighted by Crippen LogP contribution is 2.38. The average Bonchev–Trinajstić information content (AvgIpc) is 2.99. The molecule has 0 unspecified atom stereocenters. The van der Waals surface area contributed by atoms with Crippen LogP contribution in [0.15, 0.2) is 34.9 Å². The fourth-order valence-electron chi connectivity index (χ4n) is 2.82. The van der Waals surface area contributed by atoms with Crippen molar-refractivity contribution in [2.24, 2.45) is 0 Å². The van der Waals surface area contributed by atoms with Gasteiger partial charge in [-0.05, 0) is 27.7 Å². The Morgan fingerprint density at radius 1 is 0.917 bits per heavy atom. The quantitative estimate of drug-likeness (QED) is 0.784. The van der Waals surface area contributed by atoms with E-state index in [-0.39, 0.29) is 5.41 Å². The summed E-state index contributed by atoms with van der Waals surface area (Å²) in [4.78, 5) is 0. The van der Waals surface area contributed by atoms with Gasteiger partial charge in [0.1, 0.15) is 0 Å². The van der Waals surface area contributed by atoms with Crippen LogP contribution in [0.2, 0.25) is 0 Å². The third-order valence-electron chi connectivity index (χ3n) is 4.96. The molecular formula is C19H26BNO3. The minimum atomic E-state index is -0.495. The second kappa shape index (κ2) is 5.46. The molecule has 1 aliphatic rings.